The Kier molecular flexibility index (Phi) is 5.79. The van der Waals surface area contributed by atoms with E-state index in [1.165, 1.54) is 0 Å². The predicted octanol–water partition coefficient (Wildman–Crippen LogP) is 4.59. The zero-order valence-electron chi connectivity index (χ0n) is 15.9. The van der Waals surface area contributed by atoms with Crippen molar-refractivity contribution in [2.45, 2.75) is 32.9 Å². The summed E-state index contributed by atoms with van der Waals surface area (Å²) in [7, 11) is 0. The van der Waals surface area contributed by atoms with Gasteiger partial charge in [0.15, 0.2) is 0 Å². The smallest absolute Gasteiger partial charge is 0.412 e. The van der Waals surface area contributed by atoms with Crippen molar-refractivity contribution in [1.82, 2.24) is 9.78 Å². The van der Waals surface area contributed by atoms with Gasteiger partial charge in [-0.2, -0.15) is 16.4 Å². The fraction of sp³-hybridized carbons (Fsp3) is 0.250. The van der Waals surface area contributed by atoms with E-state index in [0.717, 1.165) is 5.56 Å². The van der Waals surface area contributed by atoms with E-state index < -0.39 is 11.7 Å². The van der Waals surface area contributed by atoms with Crippen molar-refractivity contribution in [3.05, 3.63) is 64.5 Å². The molecule has 3 aromatic rings. The maximum absolute atomic E-state index is 12.5. The van der Waals surface area contributed by atoms with Crippen molar-refractivity contribution in [3.8, 4) is 0 Å². The highest BCUT2D eigenvalue weighted by molar-refractivity contribution is 7.07. The fourth-order valence-electron chi connectivity index (χ4n) is 2.44. The van der Waals surface area contributed by atoms with Gasteiger partial charge in [0.2, 0.25) is 0 Å². The maximum atomic E-state index is 12.5. The second kappa shape index (κ2) is 8.26. The van der Waals surface area contributed by atoms with Gasteiger partial charge in [0, 0.05) is 17.3 Å². The predicted molar refractivity (Wildman–Crippen MR) is 110 cm³/mol. The molecule has 2 aromatic heterocycles. The standard InChI is InChI=1S/C20H22N4O3S/c1-20(2,3)27-19(26)22-16-6-4-15(5-7-16)18(25)23-17-8-10-21-24(17)12-14-9-11-28-13-14/h4-11,13H,12H2,1-3H3,(H,22,26)(H,23,25). The molecular weight excluding hydrogens is 376 g/mol. The third-order valence-corrected chi connectivity index (χ3v) is 4.40. The van der Waals surface area contributed by atoms with Crippen LogP contribution in [0.15, 0.2) is 53.4 Å². The number of benzene rings is 1. The van der Waals surface area contributed by atoms with Crippen LogP contribution in [0.5, 0.6) is 0 Å². The third kappa shape index (κ3) is 5.43. The molecule has 146 valence electrons. The molecule has 0 atom stereocenters. The van der Waals surface area contributed by atoms with E-state index in [2.05, 4.69) is 15.7 Å². The number of aromatic nitrogens is 2. The lowest BCUT2D eigenvalue weighted by Crippen LogP contribution is -2.27. The number of carbonyl (C=O) groups is 2. The summed E-state index contributed by atoms with van der Waals surface area (Å²) in [6.07, 6.45) is 1.11. The number of thiophene rings is 1. The van der Waals surface area contributed by atoms with Crippen molar-refractivity contribution in [1.29, 1.82) is 0 Å². The number of carbonyl (C=O) groups excluding carboxylic acids is 2. The summed E-state index contributed by atoms with van der Waals surface area (Å²) in [4.78, 5) is 24.3. The van der Waals surface area contributed by atoms with E-state index in [4.69, 9.17) is 4.74 Å². The van der Waals surface area contributed by atoms with Crippen molar-refractivity contribution >= 4 is 34.8 Å². The molecule has 2 heterocycles. The van der Waals surface area contributed by atoms with Crippen molar-refractivity contribution < 1.29 is 14.3 Å². The lowest BCUT2D eigenvalue weighted by atomic mass is 10.2. The SMILES string of the molecule is CC(C)(C)OC(=O)Nc1ccc(C(=O)Nc2ccnn2Cc2ccsc2)cc1. The molecule has 0 aliphatic carbocycles. The molecule has 0 spiro atoms. The van der Waals surface area contributed by atoms with Crippen molar-refractivity contribution in [2.75, 3.05) is 10.6 Å². The first kappa shape index (κ1) is 19.6. The van der Waals surface area contributed by atoms with Crippen LogP contribution in [0.25, 0.3) is 0 Å². The number of hydrogen-bond donors (Lipinski definition) is 2. The zero-order chi connectivity index (χ0) is 20.1. The lowest BCUT2D eigenvalue weighted by molar-refractivity contribution is 0.0636. The Hall–Kier alpha value is -3.13. The molecule has 28 heavy (non-hydrogen) atoms. The van der Waals surface area contributed by atoms with Gasteiger partial charge >= 0.3 is 6.09 Å². The number of nitrogens with zero attached hydrogens (tertiary/aromatic N) is 2. The average Bonchev–Trinajstić information content (AvgIpc) is 3.27. The highest BCUT2D eigenvalue weighted by Crippen LogP contribution is 2.16. The molecule has 1 aromatic carbocycles. The van der Waals surface area contributed by atoms with Crippen LogP contribution in [0.3, 0.4) is 0 Å². The molecule has 0 saturated heterocycles. The van der Waals surface area contributed by atoms with Crippen LogP contribution in [0.4, 0.5) is 16.3 Å². The molecule has 0 unspecified atom stereocenters. The van der Waals surface area contributed by atoms with E-state index in [9.17, 15) is 9.59 Å². The lowest BCUT2D eigenvalue weighted by Gasteiger charge is -2.19. The molecular formula is C20H22N4O3S. The quantitative estimate of drug-likeness (QED) is 0.658. The number of hydrogen-bond acceptors (Lipinski definition) is 5. The number of amides is 2. The van der Waals surface area contributed by atoms with Crippen LogP contribution in [-0.2, 0) is 11.3 Å². The van der Waals surface area contributed by atoms with Crippen LogP contribution in [0.2, 0.25) is 0 Å². The summed E-state index contributed by atoms with van der Waals surface area (Å²) >= 11 is 1.62. The Morgan fingerprint density at radius 2 is 1.86 bits per heavy atom. The highest BCUT2D eigenvalue weighted by atomic mass is 32.1. The largest absolute Gasteiger partial charge is 0.444 e. The van der Waals surface area contributed by atoms with Gasteiger partial charge in [-0.15, -0.1) is 0 Å². The van der Waals surface area contributed by atoms with Crippen LogP contribution < -0.4 is 10.6 Å². The number of rotatable bonds is 5. The van der Waals surface area contributed by atoms with E-state index in [1.807, 2.05) is 16.8 Å². The molecule has 0 bridgehead atoms. The van der Waals surface area contributed by atoms with Gasteiger partial charge in [-0.1, -0.05) is 0 Å². The molecule has 0 radical (unpaired) electrons. The summed E-state index contributed by atoms with van der Waals surface area (Å²) in [5, 5.41) is 13.8. The molecule has 2 amide bonds. The van der Waals surface area contributed by atoms with Crippen LogP contribution in [-0.4, -0.2) is 27.4 Å². The Labute approximate surface area is 167 Å². The van der Waals surface area contributed by atoms with Gasteiger partial charge < -0.3 is 10.1 Å². The summed E-state index contributed by atoms with van der Waals surface area (Å²) in [6, 6.07) is 10.4. The molecule has 0 saturated carbocycles. The van der Waals surface area contributed by atoms with E-state index >= 15 is 0 Å². The third-order valence-electron chi connectivity index (χ3n) is 3.66. The van der Waals surface area contributed by atoms with Gasteiger partial charge in [0.25, 0.3) is 5.91 Å². The highest BCUT2D eigenvalue weighted by Gasteiger charge is 2.16. The molecule has 7 nitrogen and oxygen atoms in total. The second-order valence-electron chi connectivity index (χ2n) is 7.16. The van der Waals surface area contributed by atoms with Crippen molar-refractivity contribution in [2.24, 2.45) is 0 Å². The topological polar surface area (TPSA) is 85.2 Å². The van der Waals surface area contributed by atoms with Crippen molar-refractivity contribution in [3.63, 3.8) is 0 Å². The van der Waals surface area contributed by atoms with Crippen LogP contribution in [0, 0.1) is 0 Å². The van der Waals surface area contributed by atoms with Gasteiger partial charge in [-0.25, -0.2) is 9.48 Å². The number of anilines is 2. The first-order valence-electron chi connectivity index (χ1n) is 8.74. The van der Waals surface area contributed by atoms with Gasteiger partial charge in [-0.3, -0.25) is 10.1 Å². The fourth-order valence-corrected chi connectivity index (χ4v) is 3.10. The molecule has 0 aliphatic heterocycles. The minimum Gasteiger partial charge on any atom is -0.444 e. The number of nitrogens with one attached hydrogen (secondary N) is 2. The van der Waals surface area contributed by atoms with Gasteiger partial charge in [0.1, 0.15) is 11.4 Å². The summed E-state index contributed by atoms with van der Waals surface area (Å²) in [6.45, 7) is 5.97. The average molecular weight is 398 g/mol. The Balaban J connectivity index is 1.61. The van der Waals surface area contributed by atoms with E-state index in [1.54, 1.807) is 73.3 Å². The summed E-state index contributed by atoms with van der Waals surface area (Å²) in [5.74, 6) is 0.364. The summed E-state index contributed by atoms with van der Waals surface area (Å²) < 4.78 is 6.94. The monoisotopic (exact) mass is 398 g/mol. The molecule has 0 fully saturated rings. The van der Waals surface area contributed by atoms with E-state index in [0.29, 0.717) is 23.6 Å². The minimum absolute atomic E-state index is 0.254. The minimum atomic E-state index is -0.574. The Bertz CT molecular complexity index is 941. The van der Waals surface area contributed by atoms with Crippen LogP contribution >= 0.6 is 11.3 Å². The first-order valence-corrected chi connectivity index (χ1v) is 9.69. The maximum Gasteiger partial charge on any atom is 0.412 e. The normalized spacial score (nSPS) is 11.1. The van der Waals surface area contributed by atoms with Gasteiger partial charge in [0.05, 0.1) is 12.7 Å². The molecule has 8 heteroatoms. The van der Waals surface area contributed by atoms with E-state index in [-0.39, 0.29) is 5.91 Å². The summed E-state index contributed by atoms with van der Waals surface area (Å²) in [5.41, 5.74) is 1.57. The Morgan fingerprint density at radius 3 is 2.50 bits per heavy atom. The second-order valence-corrected chi connectivity index (χ2v) is 7.94. The number of ether oxygens (including phenoxy) is 1. The van der Waals surface area contributed by atoms with Crippen LogP contribution in [0.1, 0.15) is 36.7 Å². The van der Waals surface area contributed by atoms with Gasteiger partial charge in [-0.05, 0) is 67.4 Å². The zero-order valence-corrected chi connectivity index (χ0v) is 16.7. The first-order chi connectivity index (χ1) is 13.3. The Morgan fingerprint density at radius 1 is 1.11 bits per heavy atom. The molecule has 0 aliphatic rings. The molecule has 3 rings (SSSR count). The molecule has 2 N–H and O–H groups in total.